The second-order valence-corrected chi connectivity index (χ2v) is 7.07. The van der Waals surface area contributed by atoms with E-state index in [9.17, 15) is 5.11 Å². The van der Waals surface area contributed by atoms with E-state index in [1.807, 2.05) is 0 Å². The van der Waals surface area contributed by atoms with Gasteiger partial charge in [-0.3, -0.25) is 0 Å². The van der Waals surface area contributed by atoms with Gasteiger partial charge in [0.1, 0.15) is 12.1 Å². The molecule has 1 aromatic rings. The predicted molar refractivity (Wildman–Crippen MR) is 86.1 cm³/mol. The fraction of sp³-hybridized carbons (Fsp3) is 0.765. The van der Waals surface area contributed by atoms with E-state index in [4.69, 9.17) is 4.74 Å². The maximum absolute atomic E-state index is 9.78. The molecule has 0 bridgehead atoms. The molecule has 1 aromatic heterocycles. The number of piperidine rings is 1. The van der Waals surface area contributed by atoms with E-state index in [0.29, 0.717) is 11.3 Å². The molecule has 1 unspecified atom stereocenters. The van der Waals surface area contributed by atoms with Crippen molar-refractivity contribution in [1.82, 2.24) is 9.97 Å². The van der Waals surface area contributed by atoms with Crippen LogP contribution in [-0.4, -0.2) is 47.5 Å². The average Bonchev–Trinajstić information content (AvgIpc) is 2.56. The standard InChI is InChI=1S/C17H27N3O2/c1-13(2)15-9-16(19-12-18-15)20-11-17(4-3-14(20)10-21)5-7-22-8-6-17/h9,12-14,21H,3-8,10-11H2,1-2H3. The first-order valence-electron chi connectivity index (χ1n) is 8.41. The lowest BCUT2D eigenvalue weighted by Crippen LogP contribution is -2.52. The Labute approximate surface area is 132 Å². The molecule has 22 heavy (non-hydrogen) atoms. The third kappa shape index (κ3) is 3.10. The molecule has 3 rings (SSSR count). The van der Waals surface area contributed by atoms with Crippen LogP contribution in [0.5, 0.6) is 0 Å². The first-order chi connectivity index (χ1) is 10.6. The summed E-state index contributed by atoms with van der Waals surface area (Å²) in [6.07, 6.45) is 6.09. The maximum atomic E-state index is 9.78. The highest BCUT2D eigenvalue weighted by Gasteiger charge is 2.41. The Morgan fingerprint density at radius 1 is 1.32 bits per heavy atom. The Morgan fingerprint density at radius 2 is 2.09 bits per heavy atom. The summed E-state index contributed by atoms with van der Waals surface area (Å²) in [4.78, 5) is 11.2. The molecule has 0 saturated carbocycles. The summed E-state index contributed by atoms with van der Waals surface area (Å²) in [6, 6.07) is 2.26. The summed E-state index contributed by atoms with van der Waals surface area (Å²) in [6.45, 7) is 7.17. The van der Waals surface area contributed by atoms with Gasteiger partial charge in [-0.1, -0.05) is 13.8 Å². The number of ether oxygens (including phenoxy) is 1. The van der Waals surface area contributed by atoms with Crippen molar-refractivity contribution >= 4 is 5.82 Å². The molecule has 0 aliphatic carbocycles. The molecule has 1 spiro atoms. The monoisotopic (exact) mass is 305 g/mol. The van der Waals surface area contributed by atoms with Crippen LogP contribution in [0.3, 0.4) is 0 Å². The Morgan fingerprint density at radius 3 is 2.77 bits per heavy atom. The highest BCUT2D eigenvalue weighted by atomic mass is 16.5. The summed E-state index contributed by atoms with van der Waals surface area (Å²) in [5.74, 6) is 1.35. The van der Waals surface area contributed by atoms with Crippen LogP contribution in [0.1, 0.15) is 51.1 Å². The molecule has 2 aliphatic heterocycles. The molecule has 3 heterocycles. The van der Waals surface area contributed by atoms with E-state index < -0.39 is 0 Å². The second kappa shape index (κ2) is 6.50. The van der Waals surface area contributed by atoms with Crippen molar-refractivity contribution in [3.63, 3.8) is 0 Å². The van der Waals surface area contributed by atoms with Crippen molar-refractivity contribution in [3.8, 4) is 0 Å². The topological polar surface area (TPSA) is 58.5 Å². The molecule has 0 radical (unpaired) electrons. The van der Waals surface area contributed by atoms with Crippen LogP contribution in [0, 0.1) is 5.41 Å². The molecule has 5 heteroatoms. The van der Waals surface area contributed by atoms with E-state index in [-0.39, 0.29) is 12.6 Å². The van der Waals surface area contributed by atoms with Gasteiger partial charge in [-0.25, -0.2) is 9.97 Å². The van der Waals surface area contributed by atoms with Gasteiger partial charge in [0, 0.05) is 31.5 Å². The third-order valence-electron chi connectivity index (χ3n) is 5.28. The van der Waals surface area contributed by atoms with Gasteiger partial charge in [0.25, 0.3) is 0 Å². The molecule has 0 amide bonds. The molecular formula is C17H27N3O2. The minimum absolute atomic E-state index is 0.170. The summed E-state index contributed by atoms with van der Waals surface area (Å²) in [7, 11) is 0. The molecule has 2 saturated heterocycles. The fourth-order valence-corrected chi connectivity index (χ4v) is 3.70. The quantitative estimate of drug-likeness (QED) is 0.929. The fourth-order valence-electron chi connectivity index (χ4n) is 3.70. The zero-order valence-electron chi connectivity index (χ0n) is 13.7. The molecule has 122 valence electrons. The van der Waals surface area contributed by atoms with Gasteiger partial charge < -0.3 is 14.7 Å². The van der Waals surface area contributed by atoms with Crippen LogP contribution in [0.2, 0.25) is 0 Å². The van der Waals surface area contributed by atoms with Crippen molar-refractivity contribution in [2.75, 3.05) is 31.3 Å². The summed E-state index contributed by atoms with van der Waals surface area (Å²) < 4.78 is 5.55. The van der Waals surface area contributed by atoms with Crippen molar-refractivity contribution in [2.24, 2.45) is 5.41 Å². The number of aliphatic hydroxyl groups is 1. The van der Waals surface area contributed by atoms with E-state index in [0.717, 1.165) is 50.5 Å². The SMILES string of the molecule is CC(C)c1cc(N2CC3(CCOCC3)CCC2CO)ncn1. The van der Waals surface area contributed by atoms with E-state index in [1.165, 1.54) is 6.42 Å². The molecule has 1 N–H and O–H groups in total. The van der Waals surface area contributed by atoms with Gasteiger partial charge in [0.2, 0.25) is 0 Å². The molecule has 0 aromatic carbocycles. The first kappa shape index (κ1) is 15.7. The number of nitrogens with zero attached hydrogens (tertiary/aromatic N) is 3. The third-order valence-corrected chi connectivity index (χ3v) is 5.28. The van der Waals surface area contributed by atoms with Crippen LogP contribution in [0.25, 0.3) is 0 Å². The average molecular weight is 305 g/mol. The number of anilines is 1. The van der Waals surface area contributed by atoms with Crippen LogP contribution in [-0.2, 0) is 4.74 Å². The molecule has 5 nitrogen and oxygen atoms in total. The van der Waals surface area contributed by atoms with Gasteiger partial charge in [-0.05, 0) is 37.0 Å². The van der Waals surface area contributed by atoms with E-state index >= 15 is 0 Å². The molecule has 2 fully saturated rings. The summed E-state index contributed by atoms with van der Waals surface area (Å²) in [5.41, 5.74) is 1.39. The zero-order valence-corrected chi connectivity index (χ0v) is 13.7. The lowest BCUT2D eigenvalue weighted by Gasteiger charge is -2.48. The predicted octanol–water partition coefficient (Wildman–Crippen LogP) is 2.36. The smallest absolute Gasteiger partial charge is 0.132 e. The van der Waals surface area contributed by atoms with Gasteiger partial charge >= 0.3 is 0 Å². The minimum Gasteiger partial charge on any atom is -0.394 e. The van der Waals surface area contributed by atoms with Crippen LogP contribution < -0.4 is 4.90 Å². The van der Waals surface area contributed by atoms with Gasteiger partial charge in [0.05, 0.1) is 12.6 Å². The van der Waals surface area contributed by atoms with Crippen molar-refractivity contribution in [2.45, 2.75) is 51.5 Å². The highest BCUT2D eigenvalue weighted by Crippen LogP contribution is 2.42. The largest absolute Gasteiger partial charge is 0.394 e. The molecule has 2 aliphatic rings. The first-order valence-corrected chi connectivity index (χ1v) is 8.41. The second-order valence-electron chi connectivity index (χ2n) is 7.07. The Kier molecular flexibility index (Phi) is 4.64. The number of aromatic nitrogens is 2. The number of aliphatic hydroxyl groups excluding tert-OH is 1. The van der Waals surface area contributed by atoms with Crippen LogP contribution >= 0.6 is 0 Å². The molecular weight excluding hydrogens is 278 g/mol. The Hall–Kier alpha value is -1.20. The lowest BCUT2D eigenvalue weighted by molar-refractivity contribution is 0.000826. The highest BCUT2D eigenvalue weighted by molar-refractivity contribution is 5.42. The van der Waals surface area contributed by atoms with Gasteiger partial charge in [0.15, 0.2) is 0 Å². The van der Waals surface area contributed by atoms with Crippen molar-refractivity contribution in [1.29, 1.82) is 0 Å². The number of rotatable bonds is 3. The Balaban J connectivity index is 1.86. The van der Waals surface area contributed by atoms with E-state index in [2.05, 4.69) is 34.8 Å². The van der Waals surface area contributed by atoms with Gasteiger partial charge in [-0.15, -0.1) is 0 Å². The van der Waals surface area contributed by atoms with Crippen LogP contribution in [0.15, 0.2) is 12.4 Å². The van der Waals surface area contributed by atoms with Gasteiger partial charge in [-0.2, -0.15) is 0 Å². The number of hydrogen-bond donors (Lipinski definition) is 1. The van der Waals surface area contributed by atoms with Crippen molar-refractivity contribution < 1.29 is 9.84 Å². The summed E-state index contributed by atoms with van der Waals surface area (Å²) >= 11 is 0. The summed E-state index contributed by atoms with van der Waals surface area (Å²) in [5, 5.41) is 9.78. The Bertz CT molecular complexity index is 500. The maximum Gasteiger partial charge on any atom is 0.132 e. The zero-order chi connectivity index (χ0) is 15.6. The normalized spacial score (nSPS) is 24.9. The number of hydrogen-bond acceptors (Lipinski definition) is 5. The minimum atomic E-state index is 0.170. The lowest BCUT2D eigenvalue weighted by atomic mass is 9.72. The van der Waals surface area contributed by atoms with E-state index in [1.54, 1.807) is 6.33 Å². The van der Waals surface area contributed by atoms with Crippen molar-refractivity contribution in [3.05, 3.63) is 18.1 Å². The molecule has 1 atom stereocenters. The van der Waals surface area contributed by atoms with Crippen LogP contribution in [0.4, 0.5) is 5.82 Å².